The number of amides is 1. The van der Waals surface area contributed by atoms with Crippen molar-refractivity contribution in [2.24, 2.45) is 5.92 Å². The molecule has 0 bridgehead atoms. The Morgan fingerprint density at radius 3 is 2.70 bits per heavy atom. The number of aliphatic hydroxyl groups is 1. The van der Waals surface area contributed by atoms with Crippen LogP contribution in [0.25, 0.3) is 0 Å². The van der Waals surface area contributed by atoms with E-state index in [-0.39, 0.29) is 12.0 Å². The topological polar surface area (TPSA) is 58.6 Å². The van der Waals surface area contributed by atoms with E-state index in [0.29, 0.717) is 18.0 Å². The third kappa shape index (κ3) is 3.73. The second kappa shape index (κ2) is 6.75. The molecule has 110 valence electrons. The average molecular weight is 277 g/mol. The summed E-state index contributed by atoms with van der Waals surface area (Å²) in [5.74, 6) is 1.16. The fourth-order valence-electron chi connectivity index (χ4n) is 2.65. The number of aliphatic hydroxyl groups excluding tert-OH is 1. The van der Waals surface area contributed by atoms with Crippen molar-refractivity contribution in [3.05, 3.63) is 29.3 Å². The fraction of sp³-hybridized carbons (Fsp3) is 0.562. The molecule has 4 heteroatoms. The number of carbonyl (C=O) groups excluding carboxylic acids is 1. The van der Waals surface area contributed by atoms with Gasteiger partial charge in [-0.1, -0.05) is 6.07 Å². The van der Waals surface area contributed by atoms with Gasteiger partial charge in [-0.05, 0) is 56.2 Å². The lowest BCUT2D eigenvalue weighted by molar-refractivity contribution is 0.0910. The van der Waals surface area contributed by atoms with E-state index >= 15 is 0 Å². The van der Waals surface area contributed by atoms with Gasteiger partial charge < -0.3 is 15.2 Å². The predicted octanol–water partition coefficient (Wildman–Crippen LogP) is 2.28. The van der Waals surface area contributed by atoms with Gasteiger partial charge >= 0.3 is 0 Å². The molecule has 2 rings (SSSR count). The molecule has 1 aliphatic rings. The van der Waals surface area contributed by atoms with E-state index in [9.17, 15) is 9.90 Å². The third-order valence-corrected chi connectivity index (χ3v) is 4.04. The van der Waals surface area contributed by atoms with Crippen LogP contribution in [0, 0.1) is 12.8 Å². The van der Waals surface area contributed by atoms with Gasteiger partial charge in [0.1, 0.15) is 5.75 Å². The Morgan fingerprint density at radius 1 is 1.35 bits per heavy atom. The van der Waals surface area contributed by atoms with Crippen LogP contribution in [0.15, 0.2) is 18.2 Å². The van der Waals surface area contributed by atoms with Gasteiger partial charge in [0.05, 0.1) is 13.2 Å². The first kappa shape index (κ1) is 14.9. The zero-order valence-corrected chi connectivity index (χ0v) is 12.2. The van der Waals surface area contributed by atoms with Crippen LogP contribution in [0.4, 0.5) is 0 Å². The van der Waals surface area contributed by atoms with Crippen LogP contribution in [-0.2, 0) is 0 Å². The minimum Gasteiger partial charge on any atom is -0.496 e. The fourth-order valence-corrected chi connectivity index (χ4v) is 2.65. The number of methoxy groups -OCH3 is 1. The smallest absolute Gasteiger partial charge is 0.251 e. The first-order valence-corrected chi connectivity index (χ1v) is 7.21. The normalized spacial score (nSPS) is 22.4. The highest BCUT2D eigenvalue weighted by atomic mass is 16.5. The van der Waals surface area contributed by atoms with E-state index in [1.165, 1.54) is 0 Å². The van der Waals surface area contributed by atoms with Crippen LogP contribution in [0.2, 0.25) is 0 Å². The number of hydrogen-bond acceptors (Lipinski definition) is 3. The predicted molar refractivity (Wildman–Crippen MR) is 78.0 cm³/mol. The van der Waals surface area contributed by atoms with Crippen LogP contribution in [-0.4, -0.2) is 30.8 Å². The second-order valence-corrected chi connectivity index (χ2v) is 5.57. The van der Waals surface area contributed by atoms with Crippen LogP contribution in [0.3, 0.4) is 0 Å². The summed E-state index contributed by atoms with van der Waals surface area (Å²) in [4.78, 5) is 12.1. The van der Waals surface area contributed by atoms with Gasteiger partial charge in [0, 0.05) is 12.1 Å². The van der Waals surface area contributed by atoms with Gasteiger partial charge in [0.25, 0.3) is 5.91 Å². The second-order valence-electron chi connectivity index (χ2n) is 5.57. The maximum Gasteiger partial charge on any atom is 0.251 e. The van der Waals surface area contributed by atoms with E-state index in [2.05, 4.69) is 5.32 Å². The van der Waals surface area contributed by atoms with E-state index in [4.69, 9.17) is 4.74 Å². The molecule has 0 aromatic heterocycles. The van der Waals surface area contributed by atoms with E-state index < -0.39 is 0 Å². The zero-order chi connectivity index (χ0) is 14.5. The zero-order valence-electron chi connectivity index (χ0n) is 12.2. The first-order valence-electron chi connectivity index (χ1n) is 7.21. The molecular weight excluding hydrogens is 254 g/mol. The molecule has 1 saturated carbocycles. The maximum atomic E-state index is 12.1. The Bertz CT molecular complexity index is 465. The number of nitrogens with one attached hydrogen (secondary N) is 1. The Balaban J connectivity index is 1.88. The summed E-state index contributed by atoms with van der Waals surface area (Å²) in [6.07, 6.45) is 3.51. The van der Waals surface area contributed by atoms with Crippen LogP contribution in [0.5, 0.6) is 5.75 Å². The third-order valence-electron chi connectivity index (χ3n) is 4.04. The molecule has 0 radical (unpaired) electrons. The molecule has 0 saturated heterocycles. The summed E-state index contributed by atoms with van der Waals surface area (Å²) in [6, 6.07) is 5.48. The number of ether oxygens (including phenoxy) is 1. The molecule has 0 spiro atoms. The highest BCUT2D eigenvalue weighted by molar-refractivity contribution is 5.94. The van der Waals surface area contributed by atoms with E-state index in [1.54, 1.807) is 13.2 Å². The lowest BCUT2D eigenvalue weighted by atomic mass is 9.87. The van der Waals surface area contributed by atoms with Crippen molar-refractivity contribution in [3.8, 4) is 5.75 Å². The SMILES string of the molecule is COc1cc(C(=O)NCC2CCC(O)CC2)ccc1C. The summed E-state index contributed by atoms with van der Waals surface area (Å²) < 4.78 is 5.23. The number of benzene rings is 1. The van der Waals surface area contributed by atoms with Crippen molar-refractivity contribution in [3.63, 3.8) is 0 Å². The van der Waals surface area contributed by atoms with Gasteiger partial charge in [-0.2, -0.15) is 0 Å². The van der Waals surface area contributed by atoms with E-state index in [1.807, 2.05) is 19.1 Å². The largest absolute Gasteiger partial charge is 0.496 e. The molecule has 1 fully saturated rings. The summed E-state index contributed by atoms with van der Waals surface area (Å²) in [5, 5.41) is 12.4. The standard InChI is InChI=1S/C16H23NO3/c1-11-3-6-13(9-15(11)20-2)16(19)17-10-12-4-7-14(18)8-5-12/h3,6,9,12,14,18H,4-5,7-8,10H2,1-2H3,(H,17,19). The quantitative estimate of drug-likeness (QED) is 0.887. The molecule has 0 atom stereocenters. The summed E-state index contributed by atoms with van der Waals surface area (Å²) in [6.45, 7) is 2.63. The number of carbonyl (C=O) groups is 1. The number of aryl methyl sites for hydroxylation is 1. The lowest BCUT2D eigenvalue weighted by Crippen LogP contribution is -2.32. The number of hydrogen-bond donors (Lipinski definition) is 2. The molecule has 4 nitrogen and oxygen atoms in total. The monoisotopic (exact) mass is 277 g/mol. The maximum absolute atomic E-state index is 12.1. The van der Waals surface area contributed by atoms with Crippen molar-refractivity contribution >= 4 is 5.91 Å². The van der Waals surface area contributed by atoms with Crippen LogP contribution >= 0.6 is 0 Å². The lowest BCUT2D eigenvalue weighted by Gasteiger charge is -2.25. The molecule has 0 unspecified atom stereocenters. The van der Waals surface area contributed by atoms with Gasteiger partial charge in [0.2, 0.25) is 0 Å². The van der Waals surface area contributed by atoms with Gasteiger partial charge in [-0.15, -0.1) is 0 Å². The van der Waals surface area contributed by atoms with Gasteiger partial charge in [0.15, 0.2) is 0 Å². The molecule has 0 aliphatic heterocycles. The Labute approximate surface area is 120 Å². The summed E-state index contributed by atoms with van der Waals surface area (Å²) in [7, 11) is 1.61. The molecule has 1 aromatic carbocycles. The Kier molecular flexibility index (Phi) is 5.01. The molecule has 20 heavy (non-hydrogen) atoms. The molecular formula is C16H23NO3. The highest BCUT2D eigenvalue weighted by Crippen LogP contribution is 2.24. The van der Waals surface area contributed by atoms with Crippen LogP contribution < -0.4 is 10.1 Å². The van der Waals surface area contributed by atoms with Gasteiger partial charge in [-0.25, -0.2) is 0 Å². The molecule has 1 aromatic rings. The molecule has 2 N–H and O–H groups in total. The van der Waals surface area contributed by atoms with Crippen molar-refractivity contribution in [2.45, 2.75) is 38.7 Å². The molecule has 1 amide bonds. The first-order chi connectivity index (χ1) is 9.60. The minimum absolute atomic E-state index is 0.0607. The van der Waals surface area contributed by atoms with Crippen molar-refractivity contribution in [1.29, 1.82) is 0 Å². The Hall–Kier alpha value is -1.55. The van der Waals surface area contributed by atoms with E-state index in [0.717, 1.165) is 37.0 Å². The average Bonchev–Trinajstić information content (AvgIpc) is 2.47. The van der Waals surface area contributed by atoms with Gasteiger partial charge in [-0.3, -0.25) is 4.79 Å². The molecule has 1 aliphatic carbocycles. The summed E-state index contributed by atoms with van der Waals surface area (Å²) in [5.41, 5.74) is 1.65. The Morgan fingerprint density at radius 2 is 2.05 bits per heavy atom. The minimum atomic E-state index is -0.150. The van der Waals surface area contributed by atoms with Crippen molar-refractivity contribution in [2.75, 3.05) is 13.7 Å². The van der Waals surface area contributed by atoms with Crippen molar-refractivity contribution < 1.29 is 14.6 Å². The number of rotatable bonds is 4. The van der Waals surface area contributed by atoms with Crippen LogP contribution in [0.1, 0.15) is 41.6 Å². The molecule has 0 heterocycles. The highest BCUT2D eigenvalue weighted by Gasteiger charge is 2.20. The van der Waals surface area contributed by atoms with Crippen molar-refractivity contribution in [1.82, 2.24) is 5.32 Å². The summed E-state index contributed by atoms with van der Waals surface area (Å²) >= 11 is 0.